The molecule has 1 aromatic rings. The third-order valence-corrected chi connectivity index (χ3v) is 4.31. The van der Waals surface area contributed by atoms with Crippen LogP contribution >= 0.6 is 0 Å². The highest BCUT2D eigenvalue weighted by Gasteiger charge is 2.13. The lowest BCUT2D eigenvalue weighted by Crippen LogP contribution is -2.27. The number of aryl methyl sites for hydroxylation is 2. The van der Waals surface area contributed by atoms with Crippen LogP contribution in [-0.4, -0.2) is 35.7 Å². The minimum Gasteiger partial charge on any atom is -0.393 e. The van der Waals surface area contributed by atoms with Gasteiger partial charge < -0.3 is 10.0 Å². The molecule has 0 amide bonds. The molecule has 0 spiro atoms. The van der Waals surface area contributed by atoms with E-state index in [9.17, 15) is 5.11 Å². The number of hydrogen-bond acceptors (Lipinski definition) is 2. The van der Waals surface area contributed by atoms with Crippen molar-refractivity contribution in [2.75, 3.05) is 19.6 Å². The van der Waals surface area contributed by atoms with Crippen molar-refractivity contribution in [2.45, 2.75) is 52.1 Å². The summed E-state index contributed by atoms with van der Waals surface area (Å²) in [5.41, 5.74) is 4.32. The predicted molar refractivity (Wildman–Crippen MR) is 80.6 cm³/mol. The summed E-state index contributed by atoms with van der Waals surface area (Å²) in [7, 11) is 0. The van der Waals surface area contributed by atoms with E-state index in [1.807, 2.05) is 0 Å². The lowest BCUT2D eigenvalue weighted by molar-refractivity contribution is 0.143. The molecule has 1 aliphatic carbocycles. The molecule has 0 aromatic heterocycles. The second kappa shape index (κ2) is 7.06. The van der Waals surface area contributed by atoms with Crippen molar-refractivity contribution in [1.29, 1.82) is 0 Å². The van der Waals surface area contributed by atoms with Crippen LogP contribution in [0.1, 0.15) is 43.4 Å². The van der Waals surface area contributed by atoms with Crippen molar-refractivity contribution in [3.63, 3.8) is 0 Å². The van der Waals surface area contributed by atoms with Crippen molar-refractivity contribution in [3.05, 3.63) is 34.9 Å². The molecule has 0 aliphatic heterocycles. The maximum absolute atomic E-state index is 10.2. The molecule has 0 saturated carbocycles. The first-order valence-corrected chi connectivity index (χ1v) is 7.74. The first kappa shape index (κ1) is 14.5. The van der Waals surface area contributed by atoms with Crippen molar-refractivity contribution >= 4 is 0 Å². The average Bonchev–Trinajstić information content (AvgIpc) is 2.87. The maximum atomic E-state index is 10.2. The average molecular weight is 261 g/mol. The summed E-state index contributed by atoms with van der Waals surface area (Å²) in [4.78, 5) is 2.37. The van der Waals surface area contributed by atoms with Crippen molar-refractivity contribution in [3.8, 4) is 0 Å². The molecule has 19 heavy (non-hydrogen) atoms. The van der Waals surface area contributed by atoms with Gasteiger partial charge in [0, 0.05) is 6.54 Å². The summed E-state index contributed by atoms with van der Waals surface area (Å²) in [6.45, 7) is 7.50. The second-order valence-corrected chi connectivity index (χ2v) is 5.63. The molecule has 1 aromatic carbocycles. The fourth-order valence-electron chi connectivity index (χ4n) is 3.00. The zero-order valence-corrected chi connectivity index (χ0v) is 12.4. The van der Waals surface area contributed by atoms with Crippen LogP contribution < -0.4 is 0 Å². The van der Waals surface area contributed by atoms with Gasteiger partial charge in [0.05, 0.1) is 6.10 Å². The van der Waals surface area contributed by atoms with Gasteiger partial charge in [-0.1, -0.05) is 32.0 Å². The molecule has 2 heteroatoms. The summed E-state index contributed by atoms with van der Waals surface area (Å²) in [6.07, 6.45) is 5.22. The van der Waals surface area contributed by atoms with E-state index in [1.54, 1.807) is 0 Å². The summed E-state index contributed by atoms with van der Waals surface area (Å²) in [5.74, 6) is 0. The Morgan fingerprint density at radius 3 is 2.63 bits per heavy atom. The number of benzene rings is 1. The van der Waals surface area contributed by atoms with Crippen LogP contribution in [0.3, 0.4) is 0 Å². The topological polar surface area (TPSA) is 23.5 Å². The Bertz CT molecular complexity index is 398. The van der Waals surface area contributed by atoms with Gasteiger partial charge in [-0.05, 0) is 61.9 Å². The van der Waals surface area contributed by atoms with E-state index in [2.05, 4.69) is 36.9 Å². The van der Waals surface area contributed by atoms with Crippen LogP contribution in [0.5, 0.6) is 0 Å². The van der Waals surface area contributed by atoms with Gasteiger partial charge in [0.2, 0.25) is 0 Å². The van der Waals surface area contributed by atoms with Gasteiger partial charge in [-0.25, -0.2) is 0 Å². The molecular weight excluding hydrogens is 234 g/mol. The van der Waals surface area contributed by atoms with Crippen LogP contribution in [0.25, 0.3) is 0 Å². The summed E-state index contributed by atoms with van der Waals surface area (Å²) in [5, 5.41) is 10.2. The highest BCUT2D eigenvalue weighted by molar-refractivity contribution is 5.35. The Labute approximate surface area is 117 Å². The smallest absolute Gasteiger partial charge is 0.0592 e. The normalized spacial score (nSPS) is 15.8. The monoisotopic (exact) mass is 261 g/mol. The zero-order valence-electron chi connectivity index (χ0n) is 12.4. The molecule has 0 radical (unpaired) electrons. The summed E-state index contributed by atoms with van der Waals surface area (Å²) < 4.78 is 0. The number of hydrogen-bond donors (Lipinski definition) is 1. The molecule has 1 atom stereocenters. The van der Waals surface area contributed by atoms with Crippen LogP contribution in [-0.2, 0) is 19.3 Å². The fourth-order valence-corrected chi connectivity index (χ4v) is 3.00. The van der Waals surface area contributed by atoms with E-state index in [0.29, 0.717) is 0 Å². The van der Waals surface area contributed by atoms with Crippen LogP contribution in [0.15, 0.2) is 18.2 Å². The van der Waals surface area contributed by atoms with E-state index >= 15 is 0 Å². The standard InChI is InChI=1S/C17H27NO/c1-3-18(4-2)11-10-17(19)13-14-8-9-15-6-5-7-16(15)12-14/h8-9,12,17,19H,3-7,10-11,13H2,1-2H3. The molecule has 1 N–H and O–H groups in total. The number of aliphatic hydroxyl groups is 1. The SMILES string of the molecule is CCN(CC)CCC(O)Cc1ccc2c(c1)CCC2. The summed E-state index contributed by atoms with van der Waals surface area (Å²) in [6, 6.07) is 6.77. The van der Waals surface area contributed by atoms with Gasteiger partial charge in [0.15, 0.2) is 0 Å². The first-order chi connectivity index (χ1) is 9.22. The van der Waals surface area contributed by atoms with Crippen LogP contribution in [0.4, 0.5) is 0 Å². The van der Waals surface area contributed by atoms with Crippen molar-refractivity contribution in [1.82, 2.24) is 4.90 Å². The minimum atomic E-state index is -0.208. The molecule has 2 rings (SSSR count). The lowest BCUT2D eigenvalue weighted by atomic mass is 10.0. The number of aliphatic hydroxyl groups excluding tert-OH is 1. The Kier molecular flexibility index (Phi) is 5.41. The van der Waals surface area contributed by atoms with Crippen LogP contribution in [0.2, 0.25) is 0 Å². The number of nitrogens with zero attached hydrogens (tertiary/aromatic N) is 1. The third kappa shape index (κ3) is 4.05. The first-order valence-electron chi connectivity index (χ1n) is 7.74. The highest BCUT2D eigenvalue weighted by atomic mass is 16.3. The Balaban J connectivity index is 1.83. The van der Waals surface area contributed by atoms with E-state index in [4.69, 9.17) is 0 Å². The number of fused-ring (bicyclic) bond motifs is 1. The Morgan fingerprint density at radius 1 is 1.16 bits per heavy atom. The highest BCUT2D eigenvalue weighted by Crippen LogP contribution is 2.23. The van der Waals surface area contributed by atoms with E-state index in [1.165, 1.54) is 36.0 Å². The molecule has 0 heterocycles. The minimum absolute atomic E-state index is 0.208. The molecule has 0 bridgehead atoms. The van der Waals surface area contributed by atoms with Crippen molar-refractivity contribution < 1.29 is 5.11 Å². The maximum Gasteiger partial charge on any atom is 0.0592 e. The predicted octanol–water partition coefficient (Wildman–Crippen LogP) is 2.81. The van der Waals surface area contributed by atoms with E-state index in [0.717, 1.165) is 32.5 Å². The fraction of sp³-hybridized carbons (Fsp3) is 0.647. The Morgan fingerprint density at radius 2 is 1.89 bits per heavy atom. The molecular formula is C17H27NO. The van der Waals surface area contributed by atoms with Gasteiger partial charge in [-0.15, -0.1) is 0 Å². The molecule has 0 saturated heterocycles. The van der Waals surface area contributed by atoms with Gasteiger partial charge >= 0.3 is 0 Å². The largest absolute Gasteiger partial charge is 0.393 e. The van der Waals surface area contributed by atoms with Gasteiger partial charge in [0.25, 0.3) is 0 Å². The van der Waals surface area contributed by atoms with Crippen LogP contribution in [0, 0.1) is 0 Å². The quantitative estimate of drug-likeness (QED) is 0.816. The van der Waals surface area contributed by atoms with E-state index < -0.39 is 0 Å². The molecule has 1 aliphatic rings. The molecule has 2 nitrogen and oxygen atoms in total. The number of rotatable bonds is 7. The van der Waals surface area contributed by atoms with E-state index in [-0.39, 0.29) is 6.10 Å². The zero-order chi connectivity index (χ0) is 13.7. The molecule has 0 fully saturated rings. The van der Waals surface area contributed by atoms with Gasteiger partial charge in [-0.2, -0.15) is 0 Å². The lowest BCUT2D eigenvalue weighted by Gasteiger charge is -2.20. The molecule has 106 valence electrons. The van der Waals surface area contributed by atoms with Gasteiger partial charge in [-0.3, -0.25) is 0 Å². The molecule has 1 unspecified atom stereocenters. The van der Waals surface area contributed by atoms with Crippen molar-refractivity contribution in [2.24, 2.45) is 0 Å². The summed E-state index contributed by atoms with van der Waals surface area (Å²) >= 11 is 0. The van der Waals surface area contributed by atoms with Gasteiger partial charge in [0.1, 0.15) is 0 Å². The second-order valence-electron chi connectivity index (χ2n) is 5.63. The third-order valence-electron chi connectivity index (χ3n) is 4.31. The Hall–Kier alpha value is -0.860.